The standard InChI is InChI=1S/C28H25NO7/c30-28-25-26(18-6-8-21-23(14-18)33-12-10-31-21)36-27(19-7-9-22-24(15-19)34-13-11-32-22)29(25)20(16-35-28)17-4-2-1-3-5-17/h1-9,14-15,20,25-27H,10-13,16H2/t20-,25?,26-,27+/m0/s1. The number of cyclic esters (lactones) is 1. The molecular weight excluding hydrogens is 462 g/mol. The first-order valence-electron chi connectivity index (χ1n) is 12.2. The Kier molecular flexibility index (Phi) is 5.22. The van der Waals surface area contributed by atoms with E-state index in [-0.39, 0.29) is 18.6 Å². The van der Waals surface area contributed by atoms with Gasteiger partial charge in [-0.3, -0.25) is 4.79 Å². The molecule has 8 nitrogen and oxygen atoms in total. The SMILES string of the molecule is O=C1OC[C@@H](c2ccccc2)N2C1[C@H](c1ccc3c(c1)OCCO3)O[C@@H]2c1ccc2c(c1)OCCO2. The number of benzene rings is 3. The van der Waals surface area contributed by atoms with Gasteiger partial charge in [-0.2, -0.15) is 0 Å². The first kappa shape index (κ1) is 21.5. The lowest BCUT2D eigenvalue weighted by Gasteiger charge is -2.39. The molecule has 2 saturated heterocycles. The summed E-state index contributed by atoms with van der Waals surface area (Å²) in [6, 6.07) is 20.8. The van der Waals surface area contributed by atoms with Gasteiger partial charge in [0.15, 0.2) is 23.0 Å². The number of nitrogens with zero attached hydrogens (tertiary/aromatic N) is 1. The average Bonchev–Trinajstić information content (AvgIpc) is 3.35. The van der Waals surface area contributed by atoms with Gasteiger partial charge in [-0.25, -0.2) is 4.90 Å². The number of carbonyl (C=O) groups is 1. The predicted molar refractivity (Wildman–Crippen MR) is 127 cm³/mol. The number of esters is 1. The second kappa shape index (κ2) is 8.72. The van der Waals surface area contributed by atoms with E-state index in [1.54, 1.807) is 0 Å². The zero-order valence-electron chi connectivity index (χ0n) is 19.5. The van der Waals surface area contributed by atoms with Gasteiger partial charge >= 0.3 is 5.97 Å². The summed E-state index contributed by atoms with van der Waals surface area (Å²) >= 11 is 0. The van der Waals surface area contributed by atoms with Crippen LogP contribution in [0.15, 0.2) is 66.7 Å². The third kappa shape index (κ3) is 3.56. The molecule has 3 aromatic carbocycles. The number of carbonyl (C=O) groups excluding carboxylic acids is 1. The van der Waals surface area contributed by atoms with Crippen LogP contribution in [0.3, 0.4) is 0 Å². The molecule has 0 aliphatic carbocycles. The highest BCUT2D eigenvalue weighted by molar-refractivity contribution is 5.78. The summed E-state index contributed by atoms with van der Waals surface area (Å²) in [5.74, 6) is 2.43. The first-order chi connectivity index (χ1) is 17.8. The molecule has 4 atom stereocenters. The maximum absolute atomic E-state index is 13.3. The second-order valence-electron chi connectivity index (χ2n) is 9.16. The van der Waals surface area contributed by atoms with E-state index in [1.807, 2.05) is 54.6 Å². The van der Waals surface area contributed by atoms with E-state index in [9.17, 15) is 4.79 Å². The fourth-order valence-electron chi connectivity index (χ4n) is 5.43. The van der Waals surface area contributed by atoms with Crippen LogP contribution in [-0.4, -0.2) is 49.9 Å². The summed E-state index contributed by atoms with van der Waals surface area (Å²) in [6.07, 6.45) is -1.06. The molecular formula is C28H25NO7. The zero-order chi connectivity index (χ0) is 24.1. The Morgan fingerprint density at radius 2 is 1.25 bits per heavy atom. The molecule has 4 aliphatic rings. The van der Waals surface area contributed by atoms with Gasteiger partial charge in [-0.1, -0.05) is 42.5 Å². The molecule has 8 heteroatoms. The molecule has 0 amide bonds. The highest BCUT2D eigenvalue weighted by atomic mass is 16.6. The van der Waals surface area contributed by atoms with Crippen LogP contribution in [0.1, 0.15) is 35.1 Å². The van der Waals surface area contributed by atoms with Crippen molar-refractivity contribution < 1.29 is 33.2 Å². The van der Waals surface area contributed by atoms with E-state index in [1.165, 1.54) is 0 Å². The molecule has 0 bridgehead atoms. The summed E-state index contributed by atoms with van der Waals surface area (Å²) in [5, 5.41) is 0. The molecule has 184 valence electrons. The monoisotopic (exact) mass is 487 g/mol. The minimum atomic E-state index is -0.635. The summed E-state index contributed by atoms with van der Waals surface area (Å²) in [6.45, 7) is 2.26. The fraction of sp³-hybridized carbons (Fsp3) is 0.321. The molecule has 0 aromatic heterocycles. The van der Waals surface area contributed by atoms with Crippen molar-refractivity contribution in [3.8, 4) is 23.0 Å². The van der Waals surface area contributed by atoms with Crippen molar-refractivity contribution in [1.29, 1.82) is 0 Å². The Morgan fingerprint density at radius 1 is 0.639 bits per heavy atom. The van der Waals surface area contributed by atoms with Crippen molar-refractivity contribution in [2.24, 2.45) is 0 Å². The number of ether oxygens (including phenoxy) is 6. The number of fused-ring (bicyclic) bond motifs is 3. The van der Waals surface area contributed by atoms with Crippen molar-refractivity contribution in [1.82, 2.24) is 4.90 Å². The van der Waals surface area contributed by atoms with Crippen LogP contribution < -0.4 is 18.9 Å². The Hall–Kier alpha value is -3.75. The number of rotatable bonds is 3. The van der Waals surface area contributed by atoms with E-state index < -0.39 is 18.4 Å². The molecule has 36 heavy (non-hydrogen) atoms. The van der Waals surface area contributed by atoms with Gasteiger partial charge in [0.05, 0.1) is 6.04 Å². The highest BCUT2D eigenvalue weighted by Crippen LogP contribution is 2.51. The molecule has 0 saturated carbocycles. The average molecular weight is 488 g/mol. The van der Waals surface area contributed by atoms with Crippen LogP contribution in [0.2, 0.25) is 0 Å². The normalized spacial score (nSPS) is 26.7. The van der Waals surface area contributed by atoms with Crippen molar-refractivity contribution in [3.05, 3.63) is 83.4 Å². The first-order valence-corrected chi connectivity index (χ1v) is 12.2. The van der Waals surface area contributed by atoms with E-state index in [4.69, 9.17) is 28.4 Å². The van der Waals surface area contributed by atoms with Gasteiger partial charge < -0.3 is 28.4 Å². The van der Waals surface area contributed by atoms with Gasteiger partial charge in [-0.05, 0) is 41.0 Å². The predicted octanol–water partition coefficient (Wildman–Crippen LogP) is 3.97. The molecule has 4 heterocycles. The Bertz CT molecular complexity index is 1300. The second-order valence-corrected chi connectivity index (χ2v) is 9.16. The summed E-state index contributed by atoms with van der Waals surface area (Å²) < 4.78 is 35.5. The highest BCUT2D eigenvalue weighted by Gasteiger charge is 2.54. The summed E-state index contributed by atoms with van der Waals surface area (Å²) in [4.78, 5) is 15.4. The third-order valence-electron chi connectivity index (χ3n) is 7.07. The van der Waals surface area contributed by atoms with E-state index >= 15 is 0 Å². The van der Waals surface area contributed by atoms with Gasteiger partial charge in [0.25, 0.3) is 0 Å². The topological polar surface area (TPSA) is 75.7 Å². The van der Waals surface area contributed by atoms with Crippen LogP contribution in [-0.2, 0) is 14.3 Å². The molecule has 7 rings (SSSR count). The number of hydrogen-bond donors (Lipinski definition) is 0. The third-order valence-corrected chi connectivity index (χ3v) is 7.07. The quantitative estimate of drug-likeness (QED) is 0.514. The Morgan fingerprint density at radius 3 is 1.94 bits per heavy atom. The van der Waals surface area contributed by atoms with Gasteiger partial charge in [0.1, 0.15) is 51.4 Å². The van der Waals surface area contributed by atoms with E-state index in [2.05, 4.69) is 17.0 Å². The lowest BCUT2D eigenvalue weighted by molar-refractivity contribution is -0.163. The van der Waals surface area contributed by atoms with Crippen molar-refractivity contribution in [2.75, 3.05) is 33.0 Å². The van der Waals surface area contributed by atoms with Crippen LogP contribution >= 0.6 is 0 Å². The lowest BCUT2D eigenvalue weighted by atomic mass is 9.96. The van der Waals surface area contributed by atoms with Crippen LogP contribution in [0.4, 0.5) is 0 Å². The largest absolute Gasteiger partial charge is 0.486 e. The van der Waals surface area contributed by atoms with Crippen LogP contribution in [0.25, 0.3) is 0 Å². The smallest absolute Gasteiger partial charge is 0.326 e. The van der Waals surface area contributed by atoms with Crippen molar-refractivity contribution >= 4 is 5.97 Å². The molecule has 4 aliphatic heterocycles. The maximum atomic E-state index is 13.3. The van der Waals surface area contributed by atoms with Crippen molar-refractivity contribution in [3.63, 3.8) is 0 Å². The minimum Gasteiger partial charge on any atom is -0.486 e. The van der Waals surface area contributed by atoms with E-state index in [0.29, 0.717) is 49.4 Å². The molecule has 0 spiro atoms. The van der Waals surface area contributed by atoms with Gasteiger partial charge in [0.2, 0.25) is 0 Å². The minimum absolute atomic E-state index is 0.172. The maximum Gasteiger partial charge on any atom is 0.326 e. The Labute approximate surface area is 208 Å². The molecule has 1 unspecified atom stereocenters. The van der Waals surface area contributed by atoms with Crippen LogP contribution in [0, 0.1) is 0 Å². The van der Waals surface area contributed by atoms with Gasteiger partial charge in [0, 0.05) is 0 Å². The fourth-order valence-corrected chi connectivity index (χ4v) is 5.43. The molecule has 2 fully saturated rings. The lowest BCUT2D eigenvalue weighted by Crippen LogP contribution is -2.49. The molecule has 0 radical (unpaired) electrons. The summed E-state index contributed by atoms with van der Waals surface area (Å²) in [7, 11) is 0. The van der Waals surface area contributed by atoms with Gasteiger partial charge in [-0.15, -0.1) is 0 Å². The molecule has 3 aromatic rings. The Balaban J connectivity index is 1.32. The zero-order valence-corrected chi connectivity index (χ0v) is 19.5. The van der Waals surface area contributed by atoms with Crippen LogP contribution in [0.5, 0.6) is 23.0 Å². The summed E-state index contributed by atoms with van der Waals surface area (Å²) in [5.41, 5.74) is 2.78. The number of hydrogen-bond acceptors (Lipinski definition) is 8. The van der Waals surface area contributed by atoms with E-state index in [0.717, 1.165) is 16.7 Å². The number of morpholine rings is 1. The molecule has 0 N–H and O–H groups in total. The van der Waals surface area contributed by atoms with Crippen molar-refractivity contribution in [2.45, 2.75) is 24.4 Å².